The first-order valence-corrected chi connectivity index (χ1v) is 14.1. The summed E-state index contributed by atoms with van der Waals surface area (Å²) < 4.78 is 0. The molecule has 0 atom stereocenters. The van der Waals surface area contributed by atoms with Gasteiger partial charge in [-0.15, -0.1) is 22.7 Å². The number of benzene rings is 4. The quantitative estimate of drug-likeness (QED) is 0.242. The van der Waals surface area contributed by atoms with Gasteiger partial charge in [0.25, 0.3) is 0 Å². The molecule has 0 amide bonds. The van der Waals surface area contributed by atoms with Crippen molar-refractivity contribution < 1.29 is 0 Å². The van der Waals surface area contributed by atoms with Crippen LogP contribution in [-0.2, 0) is 0 Å². The van der Waals surface area contributed by atoms with E-state index in [0.717, 1.165) is 27.2 Å². The summed E-state index contributed by atoms with van der Waals surface area (Å²) in [4.78, 5) is 6.04. The molecule has 0 bridgehead atoms. The van der Waals surface area contributed by atoms with E-state index in [0.29, 0.717) is 0 Å². The van der Waals surface area contributed by atoms with E-state index in [4.69, 9.17) is 5.73 Å². The van der Waals surface area contributed by atoms with E-state index < -0.39 is 0 Å². The average molecular weight is 513 g/mol. The summed E-state index contributed by atoms with van der Waals surface area (Å²) in [6.45, 7) is 2.07. The largest absolute Gasteiger partial charge is 0.397 e. The highest BCUT2D eigenvalue weighted by atomic mass is 32.1. The summed E-state index contributed by atoms with van der Waals surface area (Å²) in [5.41, 5.74) is 18.1. The minimum Gasteiger partial charge on any atom is -0.397 e. The molecule has 37 heavy (non-hydrogen) atoms. The number of aryl methyl sites for hydroxylation is 1. The number of H-pyrrole nitrogens is 1. The molecular weight excluding hydrogens is 489 g/mol. The molecule has 3 N–H and O–H groups in total. The fourth-order valence-electron chi connectivity index (χ4n) is 5.15. The van der Waals surface area contributed by atoms with Crippen molar-refractivity contribution in [1.29, 1.82) is 0 Å². The molecule has 2 nitrogen and oxygen atoms in total. The van der Waals surface area contributed by atoms with Crippen LogP contribution in [0.4, 0.5) is 5.69 Å². The van der Waals surface area contributed by atoms with E-state index in [1.54, 1.807) is 11.3 Å². The summed E-state index contributed by atoms with van der Waals surface area (Å²) in [7, 11) is 0. The summed E-state index contributed by atoms with van der Waals surface area (Å²) in [6.07, 6.45) is 0. The molecule has 4 heteroatoms. The van der Waals surface area contributed by atoms with Gasteiger partial charge in [-0.3, -0.25) is 0 Å². The lowest BCUT2D eigenvalue weighted by molar-refractivity contribution is 1.54. The Hall–Kier alpha value is -4.12. The molecule has 0 fully saturated rings. The smallest absolute Gasteiger partial charge is 0.0575 e. The van der Waals surface area contributed by atoms with Crippen LogP contribution in [0.2, 0.25) is 0 Å². The standard InChI is InChI=1S/C33H24N2S2/c1-20-18-36-33(31(20)34)24-13-15-29-26(17-24)25-16-23(12-14-28(25)35-29)32-30(22-10-6-3-7-11-22)27(19-37-32)21-8-4-2-5-9-21/h2-19,35H,34H2,1H3. The van der Waals surface area contributed by atoms with Crippen molar-refractivity contribution >= 4 is 50.2 Å². The molecule has 4 aromatic carbocycles. The fraction of sp³-hybridized carbons (Fsp3) is 0.0303. The Morgan fingerprint density at radius 2 is 1.16 bits per heavy atom. The third-order valence-corrected chi connectivity index (χ3v) is 9.28. The number of nitrogen functional groups attached to an aromatic ring is 1. The van der Waals surface area contributed by atoms with E-state index in [-0.39, 0.29) is 0 Å². The minimum atomic E-state index is 0.879. The monoisotopic (exact) mass is 512 g/mol. The van der Waals surface area contributed by atoms with E-state index in [2.05, 4.69) is 120 Å². The second-order valence-corrected chi connectivity index (χ2v) is 11.2. The van der Waals surface area contributed by atoms with E-state index in [1.165, 1.54) is 49.0 Å². The third-order valence-electron chi connectivity index (χ3n) is 7.08. The summed E-state index contributed by atoms with van der Waals surface area (Å²) in [5, 5.41) is 6.89. The first-order valence-electron chi connectivity index (χ1n) is 12.3. The molecular formula is C33H24N2S2. The van der Waals surface area contributed by atoms with Crippen molar-refractivity contribution in [2.45, 2.75) is 6.92 Å². The maximum absolute atomic E-state index is 6.39. The lowest BCUT2D eigenvalue weighted by atomic mass is 9.94. The van der Waals surface area contributed by atoms with Crippen molar-refractivity contribution in [2.75, 3.05) is 5.73 Å². The molecule has 7 rings (SSSR count). The highest BCUT2D eigenvalue weighted by Gasteiger charge is 2.18. The first-order chi connectivity index (χ1) is 18.2. The van der Waals surface area contributed by atoms with Crippen LogP contribution < -0.4 is 5.73 Å². The van der Waals surface area contributed by atoms with Gasteiger partial charge in [0.15, 0.2) is 0 Å². The van der Waals surface area contributed by atoms with Crippen LogP contribution >= 0.6 is 22.7 Å². The molecule has 3 heterocycles. The summed E-state index contributed by atoms with van der Waals surface area (Å²) >= 11 is 3.53. The second kappa shape index (κ2) is 8.77. The molecule has 0 saturated heterocycles. The molecule has 0 spiro atoms. The number of aromatic nitrogens is 1. The Morgan fingerprint density at radius 3 is 1.76 bits per heavy atom. The number of rotatable bonds is 4. The van der Waals surface area contributed by atoms with Crippen LogP contribution in [0.3, 0.4) is 0 Å². The van der Waals surface area contributed by atoms with Gasteiger partial charge in [0.05, 0.1) is 10.6 Å². The molecule has 0 saturated carbocycles. The van der Waals surface area contributed by atoms with Crippen LogP contribution in [0.1, 0.15) is 5.56 Å². The van der Waals surface area contributed by atoms with Crippen LogP contribution in [0.5, 0.6) is 0 Å². The maximum Gasteiger partial charge on any atom is 0.0575 e. The number of nitrogens with two attached hydrogens (primary N) is 1. The molecule has 7 aromatic rings. The average Bonchev–Trinajstić information content (AvgIpc) is 3.64. The fourth-order valence-corrected chi connectivity index (χ4v) is 7.22. The zero-order chi connectivity index (χ0) is 24.9. The Balaban J connectivity index is 1.43. The van der Waals surface area contributed by atoms with Gasteiger partial charge in [-0.25, -0.2) is 0 Å². The molecule has 3 aromatic heterocycles. The predicted octanol–water partition coefficient (Wildman–Crippen LogP) is 10.0. The number of fused-ring (bicyclic) bond motifs is 3. The van der Waals surface area contributed by atoms with Gasteiger partial charge in [0.2, 0.25) is 0 Å². The van der Waals surface area contributed by atoms with Gasteiger partial charge in [-0.1, -0.05) is 72.8 Å². The number of anilines is 1. The predicted molar refractivity (Wildman–Crippen MR) is 162 cm³/mol. The summed E-state index contributed by atoms with van der Waals surface area (Å²) in [6, 6.07) is 34.8. The maximum atomic E-state index is 6.39. The molecule has 178 valence electrons. The number of nitrogens with one attached hydrogen (secondary N) is 1. The van der Waals surface area contributed by atoms with Crippen molar-refractivity contribution in [3.8, 4) is 43.1 Å². The molecule has 0 aliphatic carbocycles. The lowest BCUT2D eigenvalue weighted by Gasteiger charge is -2.09. The number of hydrogen-bond acceptors (Lipinski definition) is 3. The Kier molecular flexibility index (Phi) is 5.24. The minimum absolute atomic E-state index is 0.879. The van der Waals surface area contributed by atoms with Gasteiger partial charge in [-0.05, 0) is 69.8 Å². The third kappa shape index (κ3) is 3.69. The van der Waals surface area contributed by atoms with Crippen molar-refractivity contribution in [3.05, 3.63) is 113 Å². The molecule has 0 aliphatic rings. The molecule has 0 unspecified atom stereocenters. The van der Waals surface area contributed by atoms with Crippen molar-refractivity contribution in [1.82, 2.24) is 4.98 Å². The van der Waals surface area contributed by atoms with Crippen LogP contribution in [0.15, 0.2) is 108 Å². The van der Waals surface area contributed by atoms with Crippen LogP contribution in [-0.4, -0.2) is 4.98 Å². The zero-order valence-electron chi connectivity index (χ0n) is 20.3. The van der Waals surface area contributed by atoms with Gasteiger partial charge in [0, 0.05) is 37.8 Å². The summed E-state index contributed by atoms with van der Waals surface area (Å²) in [5.74, 6) is 0. The second-order valence-electron chi connectivity index (χ2n) is 9.39. The van der Waals surface area contributed by atoms with Gasteiger partial charge in [0.1, 0.15) is 0 Å². The Labute approximate surface area is 223 Å². The van der Waals surface area contributed by atoms with E-state index in [1.807, 2.05) is 11.3 Å². The van der Waals surface area contributed by atoms with Gasteiger partial charge in [-0.2, -0.15) is 0 Å². The SMILES string of the molecule is Cc1csc(-c2ccc3[nH]c4ccc(-c5scc(-c6ccccc6)c5-c5ccccc5)cc4c3c2)c1N. The zero-order valence-corrected chi connectivity index (χ0v) is 21.9. The van der Waals surface area contributed by atoms with Crippen LogP contribution in [0, 0.1) is 6.92 Å². The number of aromatic amines is 1. The normalized spacial score (nSPS) is 11.5. The van der Waals surface area contributed by atoms with Crippen molar-refractivity contribution in [2.24, 2.45) is 0 Å². The Morgan fingerprint density at radius 1 is 0.595 bits per heavy atom. The first kappa shape index (κ1) is 22.1. The van der Waals surface area contributed by atoms with Crippen LogP contribution in [0.25, 0.3) is 64.9 Å². The van der Waals surface area contributed by atoms with Gasteiger partial charge < -0.3 is 10.7 Å². The topological polar surface area (TPSA) is 41.8 Å². The highest BCUT2D eigenvalue weighted by molar-refractivity contribution is 7.15. The van der Waals surface area contributed by atoms with E-state index >= 15 is 0 Å². The van der Waals surface area contributed by atoms with Crippen molar-refractivity contribution in [3.63, 3.8) is 0 Å². The highest BCUT2D eigenvalue weighted by Crippen LogP contribution is 2.46. The molecule has 0 radical (unpaired) electrons. The number of thiophene rings is 2. The number of hydrogen-bond donors (Lipinski definition) is 2. The molecule has 0 aliphatic heterocycles. The van der Waals surface area contributed by atoms with Gasteiger partial charge >= 0.3 is 0 Å². The Bertz CT molecular complexity index is 1890. The van der Waals surface area contributed by atoms with E-state index in [9.17, 15) is 0 Å². The lowest BCUT2D eigenvalue weighted by Crippen LogP contribution is -1.87.